The molecule has 124 valence electrons. The van der Waals surface area contributed by atoms with Gasteiger partial charge >= 0.3 is 0 Å². The van der Waals surface area contributed by atoms with Crippen LogP contribution in [0, 0.1) is 0 Å². The van der Waals surface area contributed by atoms with E-state index in [9.17, 15) is 0 Å². The molecule has 0 saturated carbocycles. The topological polar surface area (TPSA) is 27.7 Å². The van der Waals surface area contributed by atoms with Gasteiger partial charge in [-0.2, -0.15) is 0 Å². The van der Waals surface area contributed by atoms with Crippen molar-refractivity contribution in [3.05, 3.63) is 65.7 Å². The SMILES string of the molecule is COCCOCC(C)(C)c1cccc(OCc2ccccc2)c1. The highest BCUT2D eigenvalue weighted by Crippen LogP contribution is 2.27. The molecular weight excluding hydrogens is 288 g/mol. The molecule has 0 spiro atoms. The van der Waals surface area contributed by atoms with Crippen molar-refractivity contribution in [3.63, 3.8) is 0 Å². The van der Waals surface area contributed by atoms with Gasteiger partial charge in [0.1, 0.15) is 12.4 Å². The fraction of sp³-hybridized carbons (Fsp3) is 0.400. The van der Waals surface area contributed by atoms with Gasteiger partial charge in [-0.25, -0.2) is 0 Å². The molecule has 0 aliphatic heterocycles. The lowest BCUT2D eigenvalue weighted by atomic mass is 9.85. The second-order valence-corrected chi connectivity index (χ2v) is 6.23. The fourth-order valence-electron chi connectivity index (χ4n) is 2.30. The van der Waals surface area contributed by atoms with E-state index in [1.165, 1.54) is 11.1 Å². The minimum atomic E-state index is -0.0696. The highest BCUT2D eigenvalue weighted by molar-refractivity contribution is 5.33. The Kier molecular flexibility index (Phi) is 6.63. The van der Waals surface area contributed by atoms with Gasteiger partial charge in [0.15, 0.2) is 0 Å². The summed E-state index contributed by atoms with van der Waals surface area (Å²) in [7, 11) is 1.68. The normalized spacial score (nSPS) is 11.4. The van der Waals surface area contributed by atoms with E-state index in [-0.39, 0.29) is 5.41 Å². The standard InChI is InChI=1S/C20H26O3/c1-20(2,16-22-13-12-21-3)18-10-7-11-19(14-18)23-15-17-8-5-4-6-9-17/h4-11,14H,12-13,15-16H2,1-3H3. The molecular formula is C20H26O3. The molecule has 0 fully saturated rings. The molecule has 0 bridgehead atoms. The summed E-state index contributed by atoms with van der Waals surface area (Å²) in [5, 5.41) is 0. The summed E-state index contributed by atoms with van der Waals surface area (Å²) in [6.07, 6.45) is 0. The molecule has 2 aromatic rings. The molecule has 0 aliphatic rings. The molecule has 2 rings (SSSR count). The Morgan fingerprint density at radius 1 is 0.913 bits per heavy atom. The van der Waals surface area contributed by atoms with Gasteiger partial charge in [0.05, 0.1) is 19.8 Å². The van der Waals surface area contributed by atoms with Crippen molar-refractivity contribution < 1.29 is 14.2 Å². The zero-order chi connectivity index (χ0) is 16.5. The van der Waals surface area contributed by atoms with Crippen LogP contribution < -0.4 is 4.74 Å². The number of hydrogen-bond acceptors (Lipinski definition) is 3. The van der Waals surface area contributed by atoms with Gasteiger partial charge in [-0.05, 0) is 23.3 Å². The van der Waals surface area contributed by atoms with E-state index in [4.69, 9.17) is 14.2 Å². The second kappa shape index (κ2) is 8.70. The Labute approximate surface area is 139 Å². The van der Waals surface area contributed by atoms with Crippen LogP contribution in [0.1, 0.15) is 25.0 Å². The van der Waals surface area contributed by atoms with Gasteiger partial charge in [0.25, 0.3) is 0 Å². The van der Waals surface area contributed by atoms with Gasteiger partial charge in [0, 0.05) is 12.5 Å². The molecule has 0 atom stereocenters. The van der Waals surface area contributed by atoms with Crippen LogP contribution in [-0.2, 0) is 21.5 Å². The Morgan fingerprint density at radius 3 is 2.43 bits per heavy atom. The van der Waals surface area contributed by atoms with Crippen molar-refractivity contribution >= 4 is 0 Å². The van der Waals surface area contributed by atoms with E-state index >= 15 is 0 Å². The lowest BCUT2D eigenvalue weighted by Crippen LogP contribution is -2.25. The number of hydrogen-bond donors (Lipinski definition) is 0. The van der Waals surface area contributed by atoms with Crippen LogP contribution in [0.25, 0.3) is 0 Å². The Morgan fingerprint density at radius 2 is 1.70 bits per heavy atom. The van der Waals surface area contributed by atoms with Crippen LogP contribution in [0.3, 0.4) is 0 Å². The second-order valence-electron chi connectivity index (χ2n) is 6.23. The smallest absolute Gasteiger partial charge is 0.120 e. The molecule has 0 aliphatic carbocycles. The van der Waals surface area contributed by atoms with Gasteiger partial charge in [0.2, 0.25) is 0 Å². The van der Waals surface area contributed by atoms with Gasteiger partial charge < -0.3 is 14.2 Å². The third kappa shape index (κ3) is 5.70. The molecule has 0 unspecified atom stereocenters. The minimum Gasteiger partial charge on any atom is -0.489 e. The van der Waals surface area contributed by atoms with E-state index in [1.807, 2.05) is 30.3 Å². The first-order valence-corrected chi connectivity index (χ1v) is 7.96. The maximum atomic E-state index is 5.91. The zero-order valence-electron chi connectivity index (χ0n) is 14.2. The van der Waals surface area contributed by atoms with Crippen molar-refractivity contribution in [1.29, 1.82) is 0 Å². The molecule has 0 saturated heterocycles. The molecule has 0 heterocycles. The molecule has 0 aromatic heterocycles. The lowest BCUT2D eigenvalue weighted by Gasteiger charge is -2.25. The maximum absolute atomic E-state index is 5.91. The lowest BCUT2D eigenvalue weighted by molar-refractivity contribution is 0.0484. The molecule has 2 aromatic carbocycles. The highest BCUT2D eigenvalue weighted by atomic mass is 16.5. The quantitative estimate of drug-likeness (QED) is 0.649. The number of methoxy groups -OCH3 is 1. The van der Waals surface area contributed by atoms with Crippen molar-refractivity contribution in [2.24, 2.45) is 0 Å². The highest BCUT2D eigenvalue weighted by Gasteiger charge is 2.21. The van der Waals surface area contributed by atoms with Crippen molar-refractivity contribution in [2.45, 2.75) is 25.9 Å². The van der Waals surface area contributed by atoms with Crippen LogP contribution in [0.15, 0.2) is 54.6 Å². The van der Waals surface area contributed by atoms with Crippen LogP contribution in [0.2, 0.25) is 0 Å². The molecule has 0 amide bonds. The summed E-state index contributed by atoms with van der Waals surface area (Å²) in [4.78, 5) is 0. The van der Waals surface area contributed by atoms with E-state index in [2.05, 4.69) is 38.1 Å². The Bertz CT molecular complexity index is 578. The predicted octanol–water partition coefficient (Wildman–Crippen LogP) is 4.21. The molecule has 0 radical (unpaired) electrons. The van der Waals surface area contributed by atoms with Gasteiger partial charge in [-0.15, -0.1) is 0 Å². The van der Waals surface area contributed by atoms with Gasteiger partial charge in [-0.1, -0.05) is 56.3 Å². The Hall–Kier alpha value is -1.84. The maximum Gasteiger partial charge on any atom is 0.120 e. The molecule has 3 nitrogen and oxygen atoms in total. The van der Waals surface area contributed by atoms with E-state index in [0.717, 1.165) is 5.75 Å². The van der Waals surface area contributed by atoms with E-state index < -0.39 is 0 Å². The first-order valence-electron chi connectivity index (χ1n) is 7.96. The van der Waals surface area contributed by atoms with Gasteiger partial charge in [-0.3, -0.25) is 0 Å². The zero-order valence-corrected chi connectivity index (χ0v) is 14.2. The summed E-state index contributed by atoms with van der Waals surface area (Å²) in [6.45, 7) is 6.82. The minimum absolute atomic E-state index is 0.0696. The summed E-state index contributed by atoms with van der Waals surface area (Å²) in [5.74, 6) is 0.885. The van der Waals surface area contributed by atoms with Crippen LogP contribution in [0.5, 0.6) is 5.75 Å². The van der Waals surface area contributed by atoms with E-state index in [0.29, 0.717) is 26.4 Å². The molecule has 3 heteroatoms. The van der Waals surface area contributed by atoms with Crippen molar-refractivity contribution in [1.82, 2.24) is 0 Å². The van der Waals surface area contributed by atoms with Crippen LogP contribution in [-0.4, -0.2) is 26.9 Å². The van der Waals surface area contributed by atoms with Crippen LogP contribution >= 0.6 is 0 Å². The largest absolute Gasteiger partial charge is 0.489 e. The van der Waals surface area contributed by atoms with Crippen molar-refractivity contribution in [3.8, 4) is 5.75 Å². The summed E-state index contributed by atoms with van der Waals surface area (Å²) < 4.78 is 16.6. The fourth-order valence-corrected chi connectivity index (χ4v) is 2.30. The molecule has 0 N–H and O–H groups in total. The average Bonchev–Trinajstić information content (AvgIpc) is 2.58. The molecule has 23 heavy (non-hydrogen) atoms. The Balaban J connectivity index is 1.95. The monoisotopic (exact) mass is 314 g/mol. The third-order valence-electron chi connectivity index (χ3n) is 3.76. The number of ether oxygens (including phenoxy) is 3. The predicted molar refractivity (Wildman–Crippen MR) is 92.9 cm³/mol. The summed E-state index contributed by atoms with van der Waals surface area (Å²) in [6, 6.07) is 18.4. The first kappa shape index (κ1) is 17.5. The first-order chi connectivity index (χ1) is 11.1. The van der Waals surface area contributed by atoms with Crippen LogP contribution in [0.4, 0.5) is 0 Å². The van der Waals surface area contributed by atoms with Crippen molar-refractivity contribution in [2.75, 3.05) is 26.9 Å². The van der Waals surface area contributed by atoms with E-state index in [1.54, 1.807) is 7.11 Å². The average molecular weight is 314 g/mol. The third-order valence-corrected chi connectivity index (χ3v) is 3.76. The summed E-state index contributed by atoms with van der Waals surface area (Å²) >= 11 is 0. The summed E-state index contributed by atoms with van der Waals surface area (Å²) in [5.41, 5.74) is 2.31. The number of rotatable bonds is 9. The number of benzene rings is 2.